The van der Waals surface area contributed by atoms with Gasteiger partial charge in [-0.3, -0.25) is 10.1 Å². The highest BCUT2D eigenvalue weighted by atomic mass is 16.5. The maximum absolute atomic E-state index is 13.0. The summed E-state index contributed by atoms with van der Waals surface area (Å²) >= 11 is 0. The first-order chi connectivity index (χ1) is 17.1. The lowest BCUT2D eigenvalue weighted by Gasteiger charge is -2.13. The second-order valence-corrected chi connectivity index (χ2v) is 8.02. The Bertz CT molecular complexity index is 1530. The summed E-state index contributed by atoms with van der Waals surface area (Å²) in [5.74, 6) is 0.418. The molecule has 5 aromatic rings. The van der Waals surface area contributed by atoms with Gasteiger partial charge < -0.3 is 19.8 Å². The number of carbonyl (C=O) groups excluding carboxylic acids is 2. The van der Waals surface area contributed by atoms with Gasteiger partial charge in [-0.05, 0) is 47.3 Å². The van der Waals surface area contributed by atoms with Gasteiger partial charge in [-0.2, -0.15) is 0 Å². The van der Waals surface area contributed by atoms with E-state index in [-0.39, 0.29) is 12.5 Å². The molecular weight excluding hydrogens is 442 g/mol. The standard InChI is InChI=1S/C28H23N3O4/c1-34-22-11-12-24-20(14-22)15-26(30-24)27(32)29-21-13-19-9-5-6-10-23(19)25(16-21)31-28(33)35-17-18-7-3-2-4-8-18/h2-16,30H,17H2,1H3,(H,29,32)(H,31,33). The van der Waals surface area contributed by atoms with Crippen molar-refractivity contribution >= 4 is 45.1 Å². The van der Waals surface area contributed by atoms with Crippen molar-refractivity contribution in [2.24, 2.45) is 0 Å². The number of rotatable bonds is 6. The molecule has 0 bridgehead atoms. The molecule has 174 valence electrons. The summed E-state index contributed by atoms with van der Waals surface area (Å²) in [6, 6.07) is 28.0. The van der Waals surface area contributed by atoms with E-state index in [1.165, 1.54) is 0 Å². The maximum atomic E-state index is 13.0. The molecular formula is C28H23N3O4. The van der Waals surface area contributed by atoms with Crippen LogP contribution in [0.5, 0.6) is 5.75 Å². The Morgan fingerprint density at radius 3 is 2.46 bits per heavy atom. The van der Waals surface area contributed by atoms with Crippen molar-refractivity contribution in [2.75, 3.05) is 17.7 Å². The predicted molar refractivity (Wildman–Crippen MR) is 137 cm³/mol. The average molecular weight is 466 g/mol. The third-order valence-electron chi connectivity index (χ3n) is 5.64. The number of aromatic nitrogens is 1. The smallest absolute Gasteiger partial charge is 0.411 e. The third-order valence-corrected chi connectivity index (χ3v) is 5.64. The van der Waals surface area contributed by atoms with E-state index in [1.807, 2.05) is 78.9 Å². The van der Waals surface area contributed by atoms with E-state index >= 15 is 0 Å². The lowest BCUT2D eigenvalue weighted by atomic mass is 10.1. The van der Waals surface area contributed by atoms with Crippen molar-refractivity contribution in [1.82, 2.24) is 4.98 Å². The zero-order chi connectivity index (χ0) is 24.2. The van der Waals surface area contributed by atoms with Crippen molar-refractivity contribution in [3.63, 3.8) is 0 Å². The number of methoxy groups -OCH3 is 1. The molecule has 0 aliphatic carbocycles. The normalized spacial score (nSPS) is 10.8. The van der Waals surface area contributed by atoms with Crippen molar-refractivity contribution in [1.29, 1.82) is 0 Å². The Labute approximate surface area is 201 Å². The van der Waals surface area contributed by atoms with Gasteiger partial charge in [0.15, 0.2) is 0 Å². The van der Waals surface area contributed by atoms with Crippen molar-refractivity contribution in [3.05, 3.63) is 102 Å². The van der Waals surface area contributed by atoms with Crippen LogP contribution in [-0.2, 0) is 11.3 Å². The van der Waals surface area contributed by atoms with Crippen LogP contribution in [0.4, 0.5) is 16.2 Å². The fourth-order valence-corrected chi connectivity index (χ4v) is 3.91. The highest BCUT2D eigenvalue weighted by Crippen LogP contribution is 2.29. The molecule has 35 heavy (non-hydrogen) atoms. The van der Waals surface area contributed by atoms with E-state index in [2.05, 4.69) is 15.6 Å². The number of H-pyrrole nitrogens is 1. The fourth-order valence-electron chi connectivity index (χ4n) is 3.91. The van der Waals surface area contributed by atoms with Gasteiger partial charge >= 0.3 is 6.09 Å². The molecule has 0 saturated carbocycles. The van der Waals surface area contributed by atoms with E-state index in [9.17, 15) is 9.59 Å². The largest absolute Gasteiger partial charge is 0.497 e. The second kappa shape index (κ2) is 9.61. The van der Waals surface area contributed by atoms with Crippen LogP contribution in [0, 0.1) is 0 Å². The van der Waals surface area contributed by atoms with E-state index in [4.69, 9.17) is 9.47 Å². The quantitative estimate of drug-likeness (QED) is 0.273. The molecule has 7 nitrogen and oxygen atoms in total. The summed E-state index contributed by atoms with van der Waals surface area (Å²) in [5.41, 5.74) is 3.22. The zero-order valence-electron chi connectivity index (χ0n) is 19.0. The lowest BCUT2D eigenvalue weighted by molar-refractivity contribution is 0.102. The summed E-state index contributed by atoms with van der Waals surface area (Å²) in [6.07, 6.45) is -0.577. The second-order valence-electron chi connectivity index (χ2n) is 8.02. The van der Waals surface area contributed by atoms with Crippen LogP contribution in [-0.4, -0.2) is 24.1 Å². The summed E-state index contributed by atoms with van der Waals surface area (Å²) in [4.78, 5) is 28.6. The number of hydrogen-bond donors (Lipinski definition) is 3. The molecule has 0 unspecified atom stereocenters. The Morgan fingerprint density at radius 2 is 1.63 bits per heavy atom. The van der Waals surface area contributed by atoms with E-state index in [0.29, 0.717) is 22.8 Å². The van der Waals surface area contributed by atoms with Crippen LogP contribution < -0.4 is 15.4 Å². The molecule has 0 atom stereocenters. The van der Waals surface area contributed by atoms with Crippen LogP contribution >= 0.6 is 0 Å². The van der Waals surface area contributed by atoms with E-state index in [1.54, 1.807) is 19.2 Å². The Kier molecular flexibility index (Phi) is 6.05. The Hall–Kier alpha value is -4.78. The van der Waals surface area contributed by atoms with Gasteiger partial charge in [-0.25, -0.2) is 4.79 Å². The van der Waals surface area contributed by atoms with Gasteiger partial charge in [0.25, 0.3) is 5.91 Å². The van der Waals surface area contributed by atoms with Crippen molar-refractivity contribution < 1.29 is 19.1 Å². The lowest BCUT2D eigenvalue weighted by Crippen LogP contribution is -2.15. The number of aromatic amines is 1. The summed E-state index contributed by atoms with van der Waals surface area (Å²) in [6.45, 7) is 0.159. The number of anilines is 2. The third kappa shape index (κ3) is 4.94. The fraction of sp³-hybridized carbons (Fsp3) is 0.0714. The number of ether oxygens (including phenoxy) is 2. The molecule has 2 amide bonds. The maximum Gasteiger partial charge on any atom is 0.411 e. The Morgan fingerprint density at radius 1 is 0.829 bits per heavy atom. The van der Waals surface area contributed by atoms with Gasteiger partial charge in [0.2, 0.25) is 0 Å². The molecule has 1 heterocycles. The number of carbonyl (C=O) groups is 2. The van der Waals surface area contributed by atoms with Crippen LogP contribution in [0.25, 0.3) is 21.7 Å². The van der Waals surface area contributed by atoms with Crippen LogP contribution in [0.1, 0.15) is 16.1 Å². The summed E-state index contributed by atoms with van der Waals surface area (Å²) < 4.78 is 10.6. The molecule has 0 radical (unpaired) electrons. The minimum atomic E-state index is -0.577. The van der Waals surface area contributed by atoms with Crippen LogP contribution in [0.15, 0.2) is 91.0 Å². The molecule has 0 saturated heterocycles. The minimum absolute atomic E-state index is 0.159. The summed E-state index contributed by atoms with van der Waals surface area (Å²) in [7, 11) is 1.60. The first-order valence-corrected chi connectivity index (χ1v) is 11.1. The number of nitrogens with one attached hydrogen (secondary N) is 3. The van der Waals surface area contributed by atoms with E-state index < -0.39 is 6.09 Å². The molecule has 1 aromatic heterocycles. The highest BCUT2D eigenvalue weighted by molar-refractivity contribution is 6.09. The highest BCUT2D eigenvalue weighted by Gasteiger charge is 2.14. The Balaban J connectivity index is 1.36. The zero-order valence-corrected chi connectivity index (χ0v) is 19.0. The number of amides is 2. The number of hydrogen-bond acceptors (Lipinski definition) is 4. The number of fused-ring (bicyclic) bond motifs is 2. The van der Waals surface area contributed by atoms with Gasteiger partial charge in [0.05, 0.1) is 12.8 Å². The molecule has 7 heteroatoms. The first-order valence-electron chi connectivity index (χ1n) is 11.1. The molecule has 5 rings (SSSR count). The van der Waals surface area contributed by atoms with Gasteiger partial charge in [0, 0.05) is 22.0 Å². The van der Waals surface area contributed by atoms with Crippen molar-refractivity contribution in [2.45, 2.75) is 6.61 Å². The molecule has 4 aromatic carbocycles. The van der Waals surface area contributed by atoms with Gasteiger partial charge in [-0.15, -0.1) is 0 Å². The molecule has 0 aliphatic heterocycles. The minimum Gasteiger partial charge on any atom is -0.497 e. The number of benzene rings is 4. The van der Waals surface area contributed by atoms with Crippen LogP contribution in [0.2, 0.25) is 0 Å². The molecule has 0 fully saturated rings. The first kappa shape index (κ1) is 22.0. The monoisotopic (exact) mass is 465 g/mol. The molecule has 0 spiro atoms. The predicted octanol–water partition coefficient (Wildman–Crippen LogP) is 6.33. The van der Waals surface area contributed by atoms with Crippen molar-refractivity contribution in [3.8, 4) is 5.75 Å². The molecule has 3 N–H and O–H groups in total. The SMILES string of the molecule is COc1ccc2[nH]c(C(=O)Nc3cc(NC(=O)OCc4ccccc4)c4ccccc4c3)cc2c1. The topological polar surface area (TPSA) is 92.5 Å². The molecule has 0 aliphatic rings. The van der Waals surface area contributed by atoms with Gasteiger partial charge in [-0.1, -0.05) is 54.6 Å². The van der Waals surface area contributed by atoms with E-state index in [0.717, 1.165) is 27.2 Å². The average Bonchev–Trinajstić information content (AvgIpc) is 3.32. The summed E-state index contributed by atoms with van der Waals surface area (Å²) in [5, 5.41) is 8.30. The van der Waals surface area contributed by atoms with Crippen LogP contribution in [0.3, 0.4) is 0 Å². The van der Waals surface area contributed by atoms with Gasteiger partial charge in [0.1, 0.15) is 18.1 Å².